The smallest absolute Gasteiger partial charge is 0.248 e. The molecule has 0 radical (unpaired) electrons. The number of nitrogens with one attached hydrogen (secondary N) is 1. The van der Waals surface area contributed by atoms with Crippen LogP contribution >= 0.6 is 0 Å². The van der Waals surface area contributed by atoms with Crippen LogP contribution in [0.2, 0.25) is 0 Å². The van der Waals surface area contributed by atoms with Crippen molar-refractivity contribution in [2.24, 2.45) is 0 Å². The summed E-state index contributed by atoms with van der Waals surface area (Å²) in [5, 5.41) is 11.6. The maximum atomic E-state index is 12.7. The molecule has 0 heterocycles. The summed E-state index contributed by atoms with van der Waals surface area (Å²) in [4.78, 5) is 11.8. The molecule has 3 nitrogen and oxygen atoms in total. The van der Waals surface area contributed by atoms with Crippen LogP contribution in [0.5, 0.6) is 0 Å². The van der Waals surface area contributed by atoms with Gasteiger partial charge in [0.05, 0.1) is 0 Å². The number of anilines is 1. The SMILES string of the molecule is O=C(/C=C/c1ccc(F)cc1)Nc1ccc(CCO)cc1. The van der Waals surface area contributed by atoms with Crippen molar-refractivity contribution in [3.05, 3.63) is 71.6 Å². The van der Waals surface area contributed by atoms with Gasteiger partial charge >= 0.3 is 0 Å². The van der Waals surface area contributed by atoms with Crippen molar-refractivity contribution >= 4 is 17.7 Å². The van der Waals surface area contributed by atoms with Gasteiger partial charge in [0.15, 0.2) is 0 Å². The first-order valence-corrected chi connectivity index (χ1v) is 6.62. The Hall–Kier alpha value is -2.46. The number of carbonyl (C=O) groups is 1. The van der Waals surface area contributed by atoms with E-state index in [-0.39, 0.29) is 18.3 Å². The van der Waals surface area contributed by atoms with Gasteiger partial charge in [-0.3, -0.25) is 4.79 Å². The fourth-order valence-corrected chi connectivity index (χ4v) is 1.81. The lowest BCUT2D eigenvalue weighted by molar-refractivity contribution is -0.111. The zero-order chi connectivity index (χ0) is 15.1. The standard InChI is InChI=1S/C17H16FNO2/c18-15-6-1-13(2-7-15)5-10-17(21)19-16-8-3-14(4-9-16)11-12-20/h1-10,20H,11-12H2,(H,19,21)/b10-5+. The summed E-state index contributed by atoms with van der Waals surface area (Å²) in [6, 6.07) is 13.2. The van der Waals surface area contributed by atoms with E-state index in [1.807, 2.05) is 12.1 Å². The highest BCUT2D eigenvalue weighted by Crippen LogP contribution is 2.10. The number of benzene rings is 2. The van der Waals surface area contributed by atoms with E-state index in [9.17, 15) is 9.18 Å². The van der Waals surface area contributed by atoms with Crippen LogP contribution in [-0.4, -0.2) is 17.6 Å². The predicted molar refractivity (Wildman–Crippen MR) is 81.3 cm³/mol. The monoisotopic (exact) mass is 285 g/mol. The molecule has 2 aromatic carbocycles. The molecule has 0 aromatic heterocycles. The Kier molecular flexibility index (Phi) is 5.23. The first-order valence-electron chi connectivity index (χ1n) is 6.62. The number of halogens is 1. The predicted octanol–water partition coefficient (Wildman–Crippen LogP) is 3.01. The van der Waals surface area contributed by atoms with Crippen LogP contribution in [0.1, 0.15) is 11.1 Å². The van der Waals surface area contributed by atoms with E-state index in [0.29, 0.717) is 12.1 Å². The highest BCUT2D eigenvalue weighted by Gasteiger charge is 1.98. The van der Waals surface area contributed by atoms with Gasteiger partial charge in [0.1, 0.15) is 5.82 Å². The van der Waals surface area contributed by atoms with Crippen molar-refractivity contribution in [3.8, 4) is 0 Å². The molecule has 0 saturated carbocycles. The van der Waals surface area contributed by atoms with Gasteiger partial charge < -0.3 is 10.4 Å². The van der Waals surface area contributed by atoms with E-state index in [2.05, 4.69) is 5.32 Å². The second kappa shape index (κ2) is 7.36. The minimum absolute atomic E-state index is 0.103. The fourth-order valence-electron chi connectivity index (χ4n) is 1.81. The maximum Gasteiger partial charge on any atom is 0.248 e. The highest BCUT2D eigenvalue weighted by molar-refractivity contribution is 6.01. The minimum Gasteiger partial charge on any atom is -0.396 e. The molecule has 0 bridgehead atoms. The third-order valence-electron chi connectivity index (χ3n) is 2.92. The van der Waals surface area contributed by atoms with Gasteiger partial charge in [-0.15, -0.1) is 0 Å². The Labute approximate surface area is 122 Å². The van der Waals surface area contributed by atoms with Gasteiger partial charge in [0, 0.05) is 18.4 Å². The number of aliphatic hydroxyl groups is 1. The van der Waals surface area contributed by atoms with E-state index in [0.717, 1.165) is 11.1 Å². The van der Waals surface area contributed by atoms with Gasteiger partial charge in [-0.05, 0) is 47.9 Å². The maximum absolute atomic E-state index is 12.7. The van der Waals surface area contributed by atoms with Crippen LogP contribution in [0.4, 0.5) is 10.1 Å². The second-order valence-corrected chi connectivity index (χ2v) is 4.54. The zero-order valence-corrected chi connectivity index (χ0v) is 11.4. The Morgan fingerprint density at radius 3 is 2.38 bits per heavy atom. The molecule has 108 valence electrons. The highest BCUT2D eigenvalue weighted by atomic mass is 19.1. The Balaban J connectivity index is 1.93. The van der Waals surface area contributed by atoms with Crippen LogP contribution < -0.4 is 5.32 Å². The lowest BCUT2D eigenvalue weighted by Crippen LogP contribution is -2.07. The summed E-state index contributed by atoms with van der Waals surface area (Å²) in [5.74, 6) is -0.561. The molecule has 2 rings (SSSR count). The van der Waals surface area contributed by atoms with Gasteiger partial charge in [0.25, 0.3) is 0 Å². The molecule has 0 spiro atoms. The summed E-state index contributed by atoms with van der Waals surface area (Å²) in [5.41, 5.74) is 2.45. The van der Waals surface area contributed by atoms with E-state index in [1.165, 1.54) is 18.2 Å². The lowest BCUT2D eigenvalue weighted by atomic mass is 10.1. The second-order valence-electron chi connectivity index (χ2n) is 4.54. The average molecular weight is 285 g/mol. The first kappa shape index (κ1) is 14.9. The van der Waals surface area contributed by atoms with Crippen molar-refractivity contribution in [2.75, 3.05) is 11.9 Å². The van der Waals surface area contributed by atoms with Crippen LogP contribution in [0.3, 0.4) is 0 Å². The Morgan fingerprint density at radius 1 is 1.10 bits per heavy atom. The molecule has 2 aromatic rings. The Morgan fingerprint density at radius 2 is 1.76 bits per heavy atom. The van der Waals surface area contributed by atoms with Crippen molar-refractivity contribution in [3.63, 3.8) is 0 Å². The van der Waals surface area contributed by atoms with Crippen LogP contribution in [0, 0.1) is 5.82 Å². The van der Waals surface area contributed by atoms with Crippen molar-refractivity contribution in [1.29, 1.82) is 0 Å². The molecule has 0 unspecified atom stereocenters. The summed E-state index contributed by atoms with van der Waals surface area (Å²) >= 11 is 0. The molecule has 4 heteroatoms. The van der Waals surface area contributed by atoms with Gasteiger partial charge in [-0.2, -0.15) is 0 Å². The van der Waals surface area contributed by atoms with Crippen molar-refractivity contribution in [1.82, 2.24) is 0 Å². The van der Waals surface area contributed by atoms with E-state index in [4.69, 9.17) is 5.11 Å². The molecule has 0 aliphatic heterocycles. The zero-order valence-electron chi connectivity index (χ0n) is 11.4. The summed E-state index contributed by atoms with van der Waals surface area (Å²) < 4.78 is 12.7. The van der Waals surface area contributed by atoms with E-state index < -0.39 is 0 Å². The molecule has 0 aliphatic rings. The van der Waals surface area contributed by atoms with Gasteiger partial charge in [-0.25, -0.2) is 4.39 Å². The molecule has 21 heavy (non-hydrogen) atoms. The third kappa shape index (κ3) is 4.85. The summed E-state index contributed by atoms with van der Waals surface area (Å²) in [7, 11) is 0. The van der Waals surface area contributed by atoms with E-state index >= 15 is 0 Å². The molecule has 0 fully saturated rings. The topological polar surface area (TPSA) is 49.3 Å². The molecule has 1 amide bonds. The molecule has 0 aliphatic carbocycles. The quantitative estimate of drug-likeness (QED) is 0.830. The number of hydrogen-bond donors (Lipinski definition) is 2. The molecule has 0 atom stereocenters. The van der Waals surface area contributed by atoms with Crippen LogP contribution in [0.15, 0.2) is 54.6 Å². The number of amides is 1. The Bertz CT molecular complexity index is 618. The largest absolute Gasteiger partial charge is 0.396 e. The average Bonchev–Trinajstić information content (AvgIpc) is 2.49. The number of aliphatic hydroxyl groups excluding tert-OH is 1. The normalized spacial score (nSPS) is 10.8. The van der Waals surface area contributed by atoms with Crippen molar-refractivity contribution < 1.29 is 14.3 Å². The number of carbonyl (C=O) groups excluding carboxylic acids is 1. The molecular formula is C17H16FNO2. The number of hydrogen-bond acceptors (Lipinski definition) is 2. The van der Waals surface area contributed by atoms with Crippen LogP contribution in [-0.2, 0) is 11.2 Å². The third-order valence-corrected chi connectivity index (χ3v) is 2.92. The van der Waals surface area contributed by atoms with Crippen LogP contribution in [0.25, 0.3) is 6.08 Å². The molecular weight excluding hydrogens is 269 g/mol. The number of rotatable bonds is 5. The van der Waals surface area contributed by atoms with Crippen molar-refractivity contribution in [2.45, 2.75) is 6.42 Å². The molecule has 2 N–H and O–H groups in total. The summed E-state index contributed by atoms with van der Waals surface area (Å²) in [6.45, 7) is 0.103. The fraction of sp³-hybridized carbons (Fsp3) is 0.118. The molecule has 0 saturated heterocycles. The summed E-state index contributed by atoms with van der Waals surface area (Å²) in [6.07, 6.45) is 3.61. The van der Waals surface area contributed by atoms with E-state index in [1.54, 1.807) is 30.3 Å². The lowest BCUT2D eigenvalue weighted by Gasteiger charge is -2.03. The van der Waals surface area contributed by atoms with Gasteiger partial charge in [-0.1, -0.05) is 24.3 Å². The first-order chi connectivity index (χ1) is 10.2. The van der Waals surface area contributed by atoms with Gasteiger partial charge in [0.2, 0.25) is 5.91 Å². The minimum atomic E-state index is -0.306.